The maximum atomic E-state index is 12.9. The molecule has 0 bridgehead atoms. The molecule has 2 aromatic heterocycles. The van der Waals surface area contributed by atoms with Gasteiger partial charge in [-0.05, 0) is 36.4 Å². The van der Waals surface area contributed by atoms with Gasteiger partial charge in [0.25, 0.3) is 5.91 Å². The van der Waals surface area contributed by atoms with E-state index in [0.29, 0.717) is 16.5 Å². The Hall–Kier alpha value is -2.77. The summed E-state index contributed by atoms with van der Waals surface area (Å²) in [5.41, 5.74) is 3.28. The Kier molecular flexibility index (Phi) is 5.11. The topological polar surface area (TPSA) is 81.2 Å². The molecule has 1 fully saturated rings. The van der Waals surface area contributed by atoms with Crippen LogP contribution in [-0.2, 0) is 4.74 Å². The van der Waals surface area contributed by atoms with Crippen LogP contribution in [0.5, 0.6) is 0 Å². The molecule has 6 nitrogen and oxygen atoms in total. The maximum absolute atomic E-state index is 12.9. The van der Waals surface area contributed by atoms with E-state index in [2.05, 4.69) is 19.4 Å². The predicted molar refractivity (Wildman–Crippen MR) is 108 cm³/mol. The van der Waals surface area contributed by atoms with E-state index in [-0.39, 0.29) is 16.6 Å². The lowest BCUT2D eigenvalue weighted by atomic mass is 10.0. The van der Waals surface area contributed by atoms with Crippen LogP contribution in [-0.4, -0.2) is 28.3 Å². The van der Waals surface area contributed by atoms with E-state index in [0.717, 1.165) is 29.7 Å². The smallest absolute Gasteiger partial charge is 0.358 e. The number of rotatable bonds is 5. The lowest BCUT2D eigenvalue weighted by Gasteiger charge is -2.08. The molecule has 0 saturated heterocycles. The van der Waals surface area contributed by atoms with Gasteiger partial charge < -0.3 is 10.1 Å². The van der Waals surface area contributed by atoms with Crippen molar-refractivity contribution in [3.63, 3.8) is 0 Å². The van der Waals surface area contributed by atoms with Gasteiger partial charge in [-0.3, -0.25) is 4.79 Å². The number of esters is 1. The molecule has 1 aliphatic carbocycles. The second kappa shape index (κ2) is 7.69. The van der Waals surface area contributed by atoms with Crippen molar-refractivity contribution >= 4 is 40.7 Å². The van der Waals surface area contributed by atoms with Gasteiger partial charge in [0.1, 0.15) is 4.88 Å². The second-order valence-electron chi connectivity index (χ2n) is 6.41. The van der Waals surface area contributed by atoms with Gasteiger partial charge in [0.2, 0.25) is 0 Å². The lowest BCUT2D eigenvalue weighted by molar-refractivity contribution is 0.0594. The Morgan fingerprint density at radius 1 is 1.25 bits per heavy atom. The van der Waals surface area contributed by atoms with Gasteiger partial charge in [0.15, 0.2) is 5.69 Å². The first kappa shape index (κ1) is 18.6. The number of amides is 1. The van der Waals surface area contributed by atoms with E-state index < -0.39 is 5.97 Å². The van der Waals surface area contributed by atoms with Crippen molar-refractivity contribution < 1.29 is 14.3 Å². The molecule has 2 heterocycles. The van der Waals surface area contributed by atoms with Crippen LogP contribution < -0.4 is 5.32 Å². The van der Waals surface area contributed by atoms with E-state index in [1.54, 1.807) is 0 Å². The van der Waals surface area contributed by atoms with Gasteiger partial charge in [0.05, 0.1) is 29.7 Å². The van der Waals surface area contributed by atoms with Crippen LogP contribution in [0.1, 0.15) is 44.5 Å². The first-order valence-corrected chi connectivity index (χ1v) is 9.83. The number of benzene rings is 1. The summed E-state index contributed by atoms with van der Waals surface area (Å²) in [7, 11) is 1.25. The average molecular weight is 414 g/mol. The second-order valence-corrected chi connectivity index (χ2v) is 7.60. The number of methoxy groups -OCH3 is 1. The maximum Gasteiger partial charge on any atom is 0.358 e. The van der Waals surface area contributed by atoms with E-state index in [1.807, 2.05) is 30.3 Å². The Balaban J connectivity index is 1.62. The molecule has 8 heteroatoms. The van der Waals surface area contributed by atoms with Crippen molar-refractivity contribution in [3.05, 3.63) is 63.8 Å². The molecule has 1 aliphatic rings. The summed E-state index contributed by atoms with van der Waals surface area (Å²) in [6.45, 7) is 0. The lowest BCUT2D eigenvalue weighted by Crippen LogP contribution is -2.13. The molecule has 1 amide bonds. The van der Waals surface area contributed by atoms with Crippen LogP contribution in [0, 0.1) is 0 Å². The van der Waals surface area contributed by atoms with Crippen LogP contribution in [0.2, 0.25) is 5.02 Å². The zero-order valence-electron chi connectivity index (χ0n) is 14.9. The fourth-order valence-corrected chi connectivity index (χ4v) is 4.08. The van der Waals surface area contributed by atoms with Crippen LogP contribution in [0.15, 0.2) is 42.6 Å². The van der Waals surface area contributed by atoms with Crippen molar-refractivity contribution in [2.45, 2.75) is 18.8 Å². The zero-order chi connectivity index (χ0) is 19.7. The standard InChI is InChI=1S/C20H16ClN3O3S/c1-27-20(26)17-14(21)9-13(10-22-17)23-19(25)18-15(11-7-8-11)16(24-28-18)12-5-3-2-4-6-12/h2-6,9-11H,7-8H2,1H3,(H,23,25). The number of ether oxygens (including phenoxy) is 1. The normalized spacial score (nSPS) is 13.2. The first-order valence-electron chi connectivity index (χ1n) is 8.68. The van der Waals surface area contributed by atoms with Gasteiger partial charge in [-0.1, -0.05) is 41.9 Å². The molecule has 0 spiro atoms. The van der Waals surface area contributed by atoms with Crippen molar-refractivity contribution in [2.75, 3.05) is 12.4 Å². The molecule has 28 heavy (non-hydrogen) atoms. The van der Waals surface area contributed by atoms with Crippen molar-refractivity contribution in [2.24, 2.45) is 0 Å². The Labute approximate surface area is 170 Å². The number of hydrogen-bond donors (Lipinski definition) is 1. The average Bonchev–Trinajstić information content (AvgIpc) is 3.45. The summed E-state index contributed by atoms with van der Waals surface area (Å²) >= 11 is 7.28. The number of anilines is 1. The predicted octanol–water partition coefficient (Wildman–Crippen LogP) is 4.77. The van der Waals surface area contributed by atoms with Gasteiger partial charge in [-0.25, -0.2) is 9.78 Å². The minimum absolute atomic E-state index is 0.00462. The zero-order valence-corrected chi connectivity index (χ0v) is 16.5. The fraction of sp³-hybridized carbons (Fsp3) is 0.200. The van der Waals surface area contributed by atoms with Gasteiger partial charge in [-0.15, -0.1) is 0 Å². The Morgan fingerprint density at radius 2 is 2.00 bits per heavy atom. The third kappa shape index (κ3) is 3.63. The molecule has 0 aliphatic heterocycles. The monoisotopic (exact) mass is 413 g/mol. The number of aromatic nitrogens is 2. The summed E-state index contributed by atoms with van der Waals surface area (Å²) in [5, 5.41) is 2.92. The molecule has 3 aromatic rings. The fourth-order valence-electron chi connectivity index (χ4n) is 2.96. The van der Waals surface area contributed by atoms with Crippen molar-refractivity contribution in [3.8, 4) is 11.3 Å². The number of halogens is 1. The molecule has 142 valence electrons. The van der Waals surface area contributed by atoms with E-state index >= 15 is 0 Å². The summed E-state index contributed by atoms with van der Waals surface area (Å²) < 4.78 is 9.18. The number of carbonyl (C=O) groups is 2. The Morgan fingerprint density at radius 3 is 2.64 bits per heavy atom. The van der Waals surface area contributed by atoms with E-state index in [1.165, 1.54) is 30.9 Å². The number of nitrogens with zero attached hydrogens (tertiary/aromatic N) is 2. The van der Waals surface area contributed by atoms with Gasteiger partial charge >= 0.3 is 5.97 Å². The quantitative estimate of drug-likeness (QED) is 0.609. The molecule has 1 saturated carbocycles. The number of pyridine rings is 1. The number of hydrogen-bond acceptors (Lipinski definition) is 6. The van der Waals surface area contributed by atoms with Gasteiger partial charge in [0, 0.05) is 11.1 Å². The highest BCUT2D eigenvalue weighted by molar-refractivity contribution is 7.08. The third-order valence-corrected chi connectivity index (χ3v) is 5.59. The highest BCUT2D eigenvalue weighted by Gasteiger charge is 2.33. The third-order valence-electron chi connectivity index (χ3n) is 4.44. The minimum atomic E-state index is -0.631. The minimum Gasteiger partial charge on any atom is -0.464 e. The SMILES string of the molecule is COC(=O)c1ncc(NC(=O)c2snc(-c3ccccc3)c2C2CC2)cc1Cl. The molecular weight excluding hydrogens is 398 g/mol. The molecule has 1 aromatic carbocycles. The highest BCUT2D eigenvalue weighted by atomic mass is 35.5. The highest BCUT2D eigenvalue weighted by Crippen LogP contribution is 2.47. The first-order chi connectivity index (χ1) is 13.6. The largest absolute Gasteiger partial charge is 0.464 e. The van der Waals surface area contributed by atoms with Crippen LogP contribution in [0.3, 0.4) is 0 Å². The summed E-state index contributed by atoms with van der Waals surface area (Å²) in [6, 6.07) is 11.3. The molecule has 4 rings (SSSR count). The van der Waals surface area contributed by atoms with Crippen LogP contribution in [0.4, 0.5) is 5.69 Å². The Bertz CT molecular complexity index is 1050. The molecule has 0 radical (unpaired) electrons. The van der Waals surface area contributed by atoms with Crippen molar-refractivity contribution in [1.29, 1.82) is 0 Å². The summed E-state index contributed by atoms with van der Waals surface area (Å²) in [4.78, 5) is 29.1. The molecule has 0 atom stereocenters. The van der Waals surface area contributed by atoms with Crippen molar-refractivity contribution in [1.82, 2.24) is 9.36 Å². The summed E-state index contributed by atoms with van der Waals surface area (Å²) in [6.07, 6.45) is 3.49. The van der Waals surface area contributed by atoms with Gasteiger partial charge in [-0.2, -0.15) is 4.37 Å². The van der Waals surface area contributed by atoms with Crippen LogP contribution >= 0.6 is 23.1 Å². The molecule has 1 N–H and O–H groups in total. The molecule has 0 unspecified atom stereocenters. The summed E-state index contributed by atoms with van der Waals surface area (Å²) in [5.74, 6) is -0.530. The van der Waals surface area contributed by atoms with E-state index in [9.17, 15) is 9.59 Å². The van der Waals surface area contributed by atoms with E-state index in [4.69, 9.17) is 11.6 Å². The number of carbonyl (C=O) groups excluding carboxylic acids is 2. The number of nitrogens with one attached hydrogen (secondary N) is 1. The molecular formula is C20H16ClN3O3S. The van der Waals surface area contributed by atoms with Crippen LogP contribution in [0.25, 0.3) is 11.3 Å².